The number of piperidine rings is 2. The van der Waals surface area contributed by atoms with Crippen molar-refractivity contribution in [3.05, 3.63) is 42.0 Å². The van der Waals surface area contributed by atoms with Crippen LogP contribution in [0.2, 0.25) is 0 Å². The van der Waals surface area contributed by atoms with Crippen LogP contribution in [0.4, 0.5) is 31.7 Å². The third-order valence-corrected chi connectivity index (χ3v) is 8.27. The Morgan fingerprint density at radius 1 is 0.944 bits per heavy atom. The molecule has 1 amide bonds. The fourth-order valence-corrected chi connectivity index (χ4v) is 5.70. The summed E-state index contributed by atoms with van der Waals surface area (Å²) in [4.78, 5) is 17.6. The van der Waals surface area contributed by atoms with E-state index in [-0.39, 0.29) is 31.8 Å². The lowest BCUT2D eigenvalue weighted by molar-refractivity contribution is -0.0221. The number of amides is 1. The van der Waals surface area contributed by atoms with Crippen molar-refractivity contribution in [2.24, 2.45) is 12.5 Å². The topological polar surface area (TPSA) is 79.4 Å². The Kier molecular flexibility index (Phi) is 5.35. The summed E-state index contributed by atoms with van der Waals surface area (Å²) in [5, 5.41) is 8.49. The summed E-state index contributed by atoms with van der Waals surface area (Å²) in [6, 6.07) is 11.1. The van der Waals surface area contributed by atoms with E-state index in [1.54, 1.807) is 16.8 Å². The fraction of sp³-hybridized carbons (Fsp3) is 0.481. The van der Waals surface area contributed by atoms with Crippen molar-refractivity contribution in [3.8, 4) is 0 Å². The number of benzene rings is 2. The molecule has 3 fully saturated rings. The van der Waals surface area contributed by atoms with Crippen molar-refractivity contribution < 1.29 is 13.6 Å². The maximum atomic E-state index is 13.7. The van der Waals surface area contributed by atoms with Crippen LogP contribution in [0.25, 0.3) is 10.9 Å². The average Bonchev–Trinajstić information content (AvgIpc) is 3.53. The molecule has 3 aromatic rings. The Morgan fingerprint density at radius 3 is 2.33 bits per heavy atom. The molecule has 0 radical (unpaired) electrons. The standard InChI is InChI=1S/C27H32F2N6O/c1-33-22-5-3-19(17-21(22)24(32-33)35-14-10-27(28,29)11-15-35)31-25(36)20-4-2-18(30)16-23(20)34-12-8-26(6-7-26)9-13-34/h2-5,16-17H,6-15,30H2,1H3,(H,31,36). The minimum Gasteiger partial charge on any atom is -0.399 e. The third-order valence-electron chi connectivity index (χ3n) is 8.27. The summed E-state index contributed by atoms with van der Waals surface area (Å²) in [5.41, 5.74) is 10.3. The van der Waals surface area contributed by atoms with Crippen molar-refractivity contribution >= 4 is 39.7 Å². The zero-order chi connectivity index (χ0) is 25.1. The molecule has 0 bridgehead atoms. The van der Waals surface area contributed by atoms with Crippen LogP contribution in [0, 0.1) is 5.41 Å². The zero-order valence-electron chi connectivity index (χ0n) is 20.6. The molecule has 2 aromatic carbocycles. The molecule has 1 spiro atoms. The van der Waals surface area contributed by atoms with Crippen LogP contribution in [0.1, 0.15) is 48.9 Å². The number of carbonyl (C=O) groups excluding carboxylic acids is 1. The van der Waals surface area contributed by atoms with E-state index in [9.17, 15) is 13.6 Å². The number of rotatable bonds is 4. The molecule has 1 saturated carbocycles. The largest absolute Gasteiger partial charge is 0.399 e. The molecule has 2 aliphatic heterocycles. The van der Waals surface area contributed by atoms with Gasteiger partial charge in [-0.05, 0) is 67.5 Å². The van der Waals surface area contributed by atoms with Crippen LogP contribution in [-0.2, 0) is 7.05 Å². The molecule has 0 unspecified atom stereocenters. The minimum absolute atomic E-state index is 0.182. The summed E-state index contributed by atoms with van der Waals surface area (Å²) in [6.45, 7) is 2.37. The molecular formula is C27H32F2N6O. The molecule has 3 aliphatic rings. The third kappa shape index (κ3) is 4.24. The van der Waals surface area contributed by atoms with Crippen LogP contribution < -0.4 is 20.9 Å². The maximum absolute atomic E-state index is 13.7. The Bertz CT molecular complexity index is 1310. The Morgan fingerprint density at radius 2 is 1.64 bits per heavy atom. The monoisotopic (exact) mass is 494 g/mol. The van der Waals surface area contributed by atoms with Gasteiger partial charge in [-0.2, -0.15) is 5.10 Å². The van der Waals surface area contributed by atoms with Gasteiger partial charge in [0.05, 0.1) is 16.8 Å². The van der Waals surface area contributed by atoms with Gasteiger partial charge in [-0.1, -0.05) is 0 Å². The Labute approximate surface area is 209 Å². The number of nitrogens with one attached hydrogen (secondary N) is 1. The van der Waals surface area contributed by atoms with Crippen LogP contribution in [0.3, 0.4) is 0 Å². The number of aromatic nitrogens is 2. The van der Waals surface area contributed by atoms with Gasteiger partial charge in [0.1, 0.15) is 0 Å². The van der Waals surface area contributed by atoms with Gasteiger partial charge in [0, 0.05) is 62.8 Å². The Balaban J connectivity index is 1.25. The summed E-state index contributed by atoms with van der Waals surface area (Å²) in [7, 11) is 1.84. The molecule has 7 nitrogen and oxygen atoms in total. The normalized spacial score (nSPS) is 20.6. The first-order valence-corrected chi connectivity index (χ1v) is 12.8. The highest BCUT2D eigenvalue weighted by molar-refractivity contribution is 6.09. The molecule has 0 atom stereocenters. The predicted molar refractivity (Wildman–Crippen MR) is 139 cm³/mol. The second-order valence-electron chi connectivity index (χ2n) is 10.7. The lowest BCUT2D eigenvalue weighted by Crippen LogP contribution is -2.39. The number of hydrogen-bond acceptors (Lipinski definition) is 5. The quantitative estimate of drug-likeness (QED) is 0.498. The van der Waals surface area contributed by atoms with E-state index in [4.69, 9.17) is 5.73 Å². The first-order valence-electron chi connectivity index (χ1n) is 12.8. The zero-order valence-corrected chi connectivity index (χ0v) is 20.6. The SMILES string of the molecule is Cn1nc(N2CCC(F)(F)CC2)c2cc(NC(=O)c3ccc(N)cc3N3CCC4(CC3)CC4)ccc21. The van der Waals surface area contributed by atoms with Crippen molar-refractivity contribution in [1.29, 1.82) is 0 Å². The number of halogens is 2. The number of anilines is 4. The number of nitrogen functional groups attached to an aromatic ring is 1. The van der Waals surface area contributed by atoms with Crippen molar-refractivity contribution in [3.63, 3.8) is 0 Å². The second kappa shape index (κ2) is 8.35. The summed E-state index contributed by atoms with van der Waals surface area (Å²) < 4.78 is 29.2. The van der Waals surface area contributed by atoms with E-state index >= 15 is 0 Å². The molecule has 6 rings (SSSR count). The first kappa shape index (κ1) is 23.1. The molecule has 36 heavy (non-hydrogen) atoms. The number of alkyl halides is 2. The van der Waals surface area contributed by atoms with Gasteiger partial charge >= 0.3 is 0 Å². The van der Waals surface area contributed by atoms with E-state index in [0.29, 0.717) is 28.2 Å². The lowest BCUT2D eigenvalue weighted by Gasteiger charge is -2.35. The number of aryl methyl sites for hydroxylation is 1. The van der Waals surface area contributed by atoms with Gasteiger partial charge in [0.15, 0.2) is 5.82 Å². The number of hydrogen-bond donors (Lipinski definition) is 2. The number of carbonyl (C=O) groups is 1. The molecule has 190 valence electrons. The number of fused-ring (bicyclic) bond motifs is 1. The maximum Gasteiger partial charge on any atom is 0.257 e. The van der Waals surface area contributed by atoms with Crippen LogP contribution in [0.15, 0.2) is 36.4 Å². The Hall–Kier alpha value is -3.36. The molecular weight excluding hydrogens is 462 g/mol. The van der Waals surface area contributed by atoms with Gasteiger partial charge in [-0.3, -0.25) is 9.48 Å². The second-order valence-corrected chi connectivity index (χ2v) is 10.7. The first-order chi connectivity index (χ1) is 17.2. The van der Waals surface area contributed by atoms with Crippen molar-refractivity contribution in [2.75, 3.05) is 47.0 Å². The van der Waals surface area contributed by atoms with E-state index in [1.807, 2.05) is 36.2 Å². The van der Waals surface area contributed by atoms with Crippen molar-refractivity contribution in [2.45, 2.75) is 44.4 Å². The molecule has 3 heterocycles. The van der Waals surface area contributed by atoms with Crippen molar-refractivity contribution in [1.82, 2.24) is 9.78 Å². The molecule has 3 N–H and O–H groups in total. The summed E-state index contributed by atoms with van der Waals surface area (Å²) in [6.07, 6.45) is 4.60. The smallest absolute Gasteiger partial charge is 0.257 e. The van der Waals surface area contributed by atoms with Gasteiger partial charge in [-0.15, -0.1) is 0 Å². The average molecular weight is 495 g/mol. The van der Waals surface area contributed by atoms with Crippen LogP contribution in [0.5, 0.6) is 0 Å². The molecule has 1 aliphatic carbocycles. The van der Waals surface area contributed by atoms with Gasteiger partial charge in [-0.25, -0.2) is 8.78 Å². The van der Waals surface area contributed by atoms with E-state index in [2.05, 4.69) is 15.3 Å². The van der Waals surface area contributed by atoms with E-state index < -0.39 is 5.92 Å². The van der Waals surface area contributed by atoms with Gasteiger partial charge < -0.3 is 20.9 Å². The summed E-state index contributed by atoms with van der Waals surface area (Å²) >= 11 is 0. The molecule has 9 heteroatoms. The van der Waals surface area contributed by atoms with E-state index in [1.165, 1.54) is 12.8 Å². The van der Waals surface area contributed by atoms with Crippen LogP contribution in [-0.4, -0.2) is 47.8 Å². The number of nitrogens with two attached hydrogens (primary N) is 1. The van der Waals surface area contributed by atoms with Crippen LogP contribution >= 0.6 is 0 Å². The van der Waals surface area contributed by atoms with Gasteiger partial charge in [0.25, 0.3) is 11.8 Å². The highest BCUT2D eigenvalue weighted by Crippen LogP contribution is 2.54. The predicted octanol–water partition coefficient (Wildman–Crippen LogP) is 5.02. The molecule has 1 aromatic heterocycles. The summed E-state index contributed by atoms with van der Waals surface area (Å²) in [5.74, 6) is -2.14. The minimum atomic E-state index is -2.62. The highest BCUT2D eigenvalue weighted by atomic mass is 19.3. The van der Waals surface area contributed by atoms with E-state index in [0.717, 1.165) is 42.5 Å². The molecule has 2 saturated heterocycles. The highest BCUT2D eigenvalue weighted by Gasteiger charge is 2.44. The number of nitrogens with zero attached hydrogens (tertiary/aromatic N) is 4. The fourth-order valence-electron chi connectivity index (χ4n) is 5.70. The van der Waals surface area contributed by atoms with Gasteiger partial charge in [0.2, 0.25) is 0 Å². The lowest BCUT2D eigenvalue weighted by atomic mass is 9.93.